The van der Waals surface area contributed by atoms with Gasteiger partial charge in [-0.2, -0.15) is 0 Å². The molecular weight excluding hydrogens is 549 g/mol. The summed E-state index contributed by atoms with van der Waals surface area (Å²) in [6.45, 7) is 3.78. The maximum atomic E-state index is 12.9. The van der Waals surface area contributed by atoms with Crippen LogP contribution in [-0.2, 0) is 21.3 Å². The molecule has 0 spiro atoms. The third kappa shape index (κ3) is 8.34. The van der Waals surface area contributed by atoms with Crippen LogP contribution in [0.2, 0.25) is 0 Å². The number of rotatable bonds is 11. The molecule has 1 N–H and O–H groups in total. The van der Waals surface area contributed by atoms with Crippen molar-refractivity contribution in [2.75, 3.05) is 26.2 Å². The zero-order valence-electron chi connectivity index (χ0n) is 22.6. The molecule has 1 aliphatic rings. The van der Waals surface area contributed by atoms with Gasteiger partial charge < -0.3 is 20.1 Å². The average molecular weight is 584 g/mol. The first-order chi connectivity index (χ1) is 19.0. The number of nitrogens with zero attached hydrogens (tertiary/aromatic N) is 3. The van der Waals surface area contributed by atoms with E-state index in [1.807, 2.05) is 67.6 Å². The second-order valence-electron chi connectivity index (χ2n) is 10.00. The predicted octanol–water partition coefficient (Wildman–Crippen LogP) is 2.99. The van der Waals surface area contributed by atoms with Crippen LogP contribution in [0.15, 0.2) is 88.8 Å². The number of benzene rings is 3. The van der Waals surface area contributed by atoms with Gasteiger partial charge in [0.05, 0.1) is 23.4 Å². The van der Waals surface area contributed by atoms with E-state index in [2.05, 4.69) is 9.89 Å². The van der Waals surface area contributed by atoms with E-state index >= 15 is 0 Å². The first kappa shape index (κ1) is 31.2. The van der Waals surface area contributed by atoms with E-state index in [4.69, 9.17) is 4.99 Å². The monoisotopic (exact) mass is 583 g/mol. The number of aryl methyl sites for hydroxylation is 1. The van der Waals surface area contributed by atoms with Crippen molar-refractivity contribution in [2.24, 2.45) is 9.98 Å². The van der Waals surface area contributed by atoms with E-state index < -0.39 is 17.9 Å². The first-order valence-electron chi connectivity index (χ1n) is 13.5. The molecular formula is C32H35N3NiO4. The molecule has 0 bridgehead atoms. The summed E-state index contributed by atoms with van der Waals surface area (Å²) < 4.78 is 0. The fraction of sp³-hybridized carbons (Fsp3) is 0.344. The van der Waals surface area contributed by atoms with Crippen LogP contribution in [-0.4, -0.2) is 59.9 Å². The number of likely N-dealkylation sites (tertiary alicyclic amines) is 1. The van der Waals surface area contributed by atoms with Gasteiger partial charge in [-0.15, -0.1) is 0 Å². The molecule has 8 heteroatoms. The first-order valence-corrected chi connectivity index (χ1v) is 13.5. The van der Waals surface area contributed by atoms with Gasteiger partial charge in [0.25, 0.3) is 0 Å². The van der Waals surface area contributed by atoms with Crippen molar-refractivity contribution in [1.29, 1.82) is 0 Å². The second-order valence-corrected chi connectivity index (χ2v) is 10.00. The van der Waals surface area contributed by atoms with Gasteiger partial charge in [-0.1, -0.05) is 84.8 Å². The Kier molecular flexibility index (Phi) is 12.1. The molecule has 40 heavy (non-hydrogen) atoms. The van der Waals surface area contributed by atoms with E-state index in [0.29, 0.717) is 22.5 Å². The molecule has 1 fully saturated rings. The van der Waals surface area contributed by atoms with Gasteiger partial charge in [0, 0.05) is 30.2 Å². The molecule has 3 aromatic rings. The summed E-state index contributed by atoms with van der Waals surface area (Å²) >= 11 is 0. The van der Waals surface area contributed by atoms with Crippen molar-refractivity contribution < 1.29 is 36.6 Å². The number of carbonyl (C=O) groups is 1. The normalized spacial score (nSPS) is 16.1. The molecule has 212 valence electrons. The second kappa shape index (κ2) is 15.5. The van der Waals surface area contributed by atoms with Crippen LogP contribution in [0.3, 0.4) is 0 Å². The van der Waals surface area contributed by atoms with Gasteiger partial charge in [0.1, 0.15) is 0 Å². The van der Waals surface area contributed by atoms with Crippen molar-refractivity contribution >= 4 is 23.3 Å². The summed E-state index contributed by atoms with van der Waals surface area (Å²) in [6, 6.07) is 22.7. The van der Waals surface area contributed by atoms with E-state index in [9.17, 15) is 20.1 Å². The van der Waals surface area contributed by atoms with Gasteiger partial charge >= 0.3 is 16.5 Å². The number of carboxylic acids is 1. The van der Waals surface area contributed by atoms with Crippen LogP contribution in [0, 0.1) is 6.92 Å². The van der Waals surface area contributed by atoms with Crippen molar-refractivity contribution in [2.45, 2.75) is 44.6 Å². The summed E-state index contributed by atoms with van der Waals surface area (Å²) in [4.78, 5) is 23.9. The number of aliphatic hydroxyl groups excluding tert-OH is 1. The summed E-state index contributed by atoms with van der Waals surface area (Å²) in [7, 11) is 0. The number of aliphatic hydroxyl groups is 1. The summed E-state index contributed by atoms with van der Waals surface area (Å²) in [5, 5.41) is 35.3. The number of carboxylic acid groups (broad SMARTS) is 1. The van der Waals surface area contributed by atoms with Crippen LogP contribution in [0.1, 0.15) is 53.9 Å². The molecule has 2 atom stereocenters. The Balaban J connectivity index is 0.00000441. The van der Waals surface area contributed by atoms with Crippen LogP contribution < -0.4 is 10.2 Å². The minimum Gasteiger partial charge on any atom is -0.861 e. The maximum Gasteiger partial charge on any atom is 2.00 e. The van der Waals surface area contributed by atoms with Crippen LogP contribution in [0.25, 0.3) is 0 Å². The number of hydrogen-bond acceptors (Lipinski definition) is 7. The van der Waals surface area contributed by atoms with Crippen molar-refractivity contribution in [3.05, 3.63) is 101 Å². The number of hydrogen-bond donors (Lipinski definition) is 1. The average Bonchev–Trinajstić information content (AvgIpc) is 2.95. The zero-order valence-corrected chi connectivity index (χ0v) is 23.6. The van der Waals surface area contributed by atoms with E-state index in [-0.39, 0.29) is 42.0 Å². The van der Waals surface area contributed by atoms with Crippen LogP contribution >= 0.6 is 0 Å². The Hall–Kier alpha value is -3.32. The van der Waals surface area contributed by atoms with Gasteiger partial charge in [-0.25, -0.2) is 0 Å². The molecule has 3 aromatic carbocycles. The topological polar surface area (TPSA) is 111 Å². The SMILES string of the molecule is Cc1ccc([C@H](CCO)[C@H](N=C(c2ccccc2)c2ccccc2N=C([O-])CN2CCCCC2)C(=O)[O-])cc1.[Ni+2]. The predicted molar refractivity (Wildman–Crippen MR) is 150 cm³/mol. The smallest absolute Gasteiger partial charge is 0.861 e. The number of aliphatic carboxylic acids is 1. The third-order valence-electron chi connectivity index (χ3n) is 7.10. The standard InChI is InChI=1S/C32H37N3O4.Ni/c1-23-14-16-24(17-15-23)26(18-21-36)31(32(38)39)34-30(25-10-4-2-5-11-25)27-12-6-7-13-28(27)33-29(37)22-35-19-8-3-9-20-35;/h2,4-7,10-17,26,31,36H,3,8-9,18-22H2,1H3,(H,33,37)(H,38,39);/q;+2/p-2/t26-,31-;/m0./s1. The van der Waals surface area contributed by atoms with Crippen molar-refractivity contribution in [3.63, 3.8) is 0 Å². The molecule has 0 saturated carbocycles. The molecule has 0 aromatic heterocycles. The number of piperidine rings is 1. The van der Waals surface area contributed by atoms with E-state index in [1.165, 1.54) is 6.42 Å². The van der Waals surface area contributed by atoms with Crippen LogP contribution in [0.4, 0.5) is 5.69 Å². The van der Waals surface area contributed by atoms with E-state index in [1.54, 1.807) is 18.2 Å². The molecule has 0 aliphatic carbocycles. The minimum absolute atomic E-state index is 0. The summed E-state index contributed by atoms with van der Waals surface area (Å²) in [5.41, 5.74) is 3.91. The molecule has 1 saturated heterocycles. The Bertz CT molecular complexity index is 1290. The summed E-state index contributed by atoms with van der Waals surface area (Å²) in [5.74, 6) is -2.19. The fourth-order valence-electron chi connectivity index (χ4n) is 5.05. The third-order valence-corrected chi connectivity index (χ3v) is 7.10. The summed E-state index contributed by atoms with van der Waals surface area (Å²) in [6.07, 6.45) is 3.54. The Morgan fingerprint density at radius 3 is 2.23 bits per heavy atom. The number of carbonyl (C=O) groups excluding carboxylic acids is 1. The Morgan fingerprint density at radius 2 is 1.57 bits per heavy atom. The van der Waals surface area contributed by atoms with Gasteiger partial charge in [-0.05, 0) is 56.8 Å². The van der Waals surface area contributed by atoms with Gasteiger partial charge in [0.15, 0.2) is 0 Å². The molecule has 0 amide bonds. The molecule has 1 aliphatic heterocycles. The Labute approximate surface area is 246 Å². The molecule has 0 unspecified atom stereocenters. The van der Waals surface area contributed by atoms with Crippen molar-refractivity contribution in [3.8, 4) is 0 Å². The molecule has 7 nitrogen and oxygen atoms in total. The molecule has 1 heterocycles. The number of para-hydroxylation sites is 1. The quantitative estimate of drug-likeness (QED) is 0.212. The zero-order chi connectivity index (χ0) is 27.6. The maximum absolute atomic E-state index is 12.9. The minimum atomic E-state index is -1.34. The fourth-order valence-corrected chi connectivity index (χ4v) is 5.05. The van der Waals surface area contributed by atoms with Crippen LogP contribution in [0.5, 0.6) is 0 Å². The largest absolute Gasteiger partial charge is 2.00 e. The van der Waals surface area contributed by atoms with Crippen molar-refractivity contribution in [1.82, 2.24) is 4.90 Å². The van der Waals surface area contributed by atoms with Gasteiger partial charge in [0.2, 0.25) is 0 Å². The van der Waals surface area contributed by atoms with Gasteiger partial charge in [-0.3, -0.25) is 14.9 Å². The van der Waals surface area contributed by atoms with E-state index in [0.717, 1.165) is 37.1 Å². The molecule has 0 radical (unpaired) electrons. The Morgan fingerprint density at radius 1 is 0.925 bits per heavy atom. The molecule has 4 rings (SSSR count). The number of aliphatic imine (C=N–C) groups is 2.